The normalized spacial score (nSPS) is 23.2. The Labute approximate surface area is 143 Å². The van der Waals surface area contributed by atoms with Crippen molar-refractivity contribution in [3.05, 3.63) is 17.5 Å². The van der Waals surface area contributed by atoms with E-state index < -0.39 is 0 Å². The number of hydrogen-bond donors (Lipinski definition) is 0. The van der Waals surface area contributed by atoms with E-state index in [1.54, 1.807) is 13.1 Å². The van der Waals surface area contributed by atoms with E-state index in [0.717, 1.165) is 50.3 Å². The maximum absolute atomic E-state index is 12.9. The van der Waals surface area contributed by atoms with Crippen LogP contribution in [0.5, 0.6) is 0 Å². The maximum Gasteiger partial charge on any atom is 0.257 e. The summed E-state index contributed by atoms with van der Waals surface area (Å²) in [6.45, 7) is 11.0. The zero-order valence-electron chi connectivity index (χ0n) is 15.2. The Bertz CT molecular complexity index is 621. The molecule has 2 aliphatic heterocycles. The van der Waals surface area contributed by atoms with Gasteiger partial charge in [0, 0.05) is 50.6 Å². The van der Waals surface area contributed by atoms with Gasteiger partial charge in [0.25, 0.3) is 5.91 Å². The second kappa shape index (κ2) is 6.57. The average Bonchev–Trinajstić information content (AvgIpc) is 3.21. The Morgan fingerprint density at radius 1 is 1.12 bits per heavy atom. The highest BCUT2D eigenvalue weighted by Crippen LogP contribution is 2.32. The van der Waals surface area contributed by atoms with Gasteiger partial charge in [-0.25, -0.2) is 0 Å². The van der Waals surface area contributed by atoms with E-state index >= 15 is 0 Å². The van der Waals surface area contributed by atoms with E-state index in [9.17, 15) is 9.59 Å². The molecular weight excluding hydrogens is 304 g/mol. The predicted octanol–water partition coefficient (Wildman–Crippen LogP) is 2.10. The van der Waals surface area contributed by atoms with Crippen LogP contribution >= 0.6 is 0 Å². The van der Waals surface area contributed by atoms with E-state index in [4.69, 9.17) is 0 Å². The van der Waals surface area contributed by atoms with Crippen LogP contribution in [0.3, 0.4) is 0 Å². The minimum Gasteiger partial charge on any atom is -0.342 e. The molecule has 0 unspecified atom stereocenters. The van der Waals surface area contributed by atoms with Crippen molar-refractivity contribution in [1.82, 2.24) is 19.6 Å². The molecule has 2 saturated heterocycles. The first-order valence-electron chi connectivity index (χ1n) is 9.05. The fourth-order valence-electron chi connectivity index (χ4n) is 4.22. The van der Waals surface area contributed by atoms with Gasteiger partial charge in [-0.2, -0.15) is 5.10 Å². The predicted molar refractivity (Wildman–Crippen MR) is 91.7 cm³/mol. The summed E-state index contributed by atoms with van der Waals surface area (Å²) in [5, 5.41) is 4.47. The lowest BCUT2D eigenvalue weighted by Crippen LogP contribution is -2.35. The lowest BCUT2D eigenvalue weighted by Gasteiger charge is -2.21. The van der Waals surface area contributed by atoms with Gasteiger partial charge in [0.05, 0.1) is 17.8 Å². The van der Waals surface area contributed by atoms with Crippen LogP contribution in [0.1, 0.15) is 55.7 Å². The number of hydrogen-bond acceptors (Lipinski definition) is 3. The SMILES string of the molecule is CCC(CC)n1ncc(C(=O)N2C[C@H]3CN(C(C)=O)C[C@H]3C2)c1C. The molecule has 3 heterocycles. The summed E-state index contributed by atoms with van der Waals surface area (Å²) >= 11 is 0. The number of carbonyl (C=O) groups excluding carboxylic acids is 2. The topological polar surface area (TPSA) is 58.4 Å². The molecule has 2 amide bonds. The molecule has 0 radical (unpaired) electrons. The first-order chi connectivity index (χ1) is 11.5. The van der Waals surface area contributed by atoms with Gasteiger partial charge < -0.3 is 9.80 Å². The lowest BCUT2D eigenvalue weighted by atomic mass is 10.0. The molecule has 0 N–H and O–H groups in total. The summed E-state index contributed by atoms with van der Waals surface area (Å²) in [5.74, 6) is 1.08. The van der Waals surface area contributed by atoms with Gasteiger partial charge in [0.15, 0.2) is 0 Å². The Morgan fingerprint density at radius 3 is 2.17 bits per heavy atom. The molecule has 2 aliphatic rings. The summed E-state index contributed by atoms with van der Waals surface area (Å²) < 4.78 is 2.00. The van der Waals surface area contributed by atoms with Crippen LogP contribution in [0.25, 0.3) is 0 Å². The molecule has 2 fully saturated rings. The highest BCUT2D eigenvalue weighted by atomic mass is 16.2. The molecular formula is C18H28N4O2. The van der Waals surface area contributed by atoms with Crippen molar-refractivity contribution >= 4 is 11.8 Å². The Morgan fingerprint density at radius 2 is 1.67 bits per heavy atom. The number of amides is 2. The second-order valence-corrected chi connectivity index (χ2v) is 7.21. The highest BCUT2D eigenvalue weighted by molar-refractivity contribution is 5.95. The standard InChI is InChI=1S/C18H28N4O2/c1-5-16(6-2)22-12(3)17(7-19-22)18(24)21-10-14-8-20(13(4)23)9-15(14)11-21/h7,14-16H,5-6,8-11H2,1-4H3/t14-,15+. The third-order valence-corrected chi connectivity index (χ3v) is 5.78. The molecule has 3 rings (SSSR count). The van der Waals surface area contributed by atoms with Crippen molar-refractivity contribution in [1.29, 1.82) is 0 Å². The minimum atomic E-state index is 0.0912. The number of rotatable bonds is 4. The van der Waals surface area contributed by atoms with Gasteiger partial charge in [-0.3, -0.25) is 14.3 Å². The largest absolute Gasteiger partial charge is 0.342 e. The van der Waals surface area contributed by atoms with Gasteiger partial charge in [0.2, 0.25) is 5.91 Å². The van der Waals surface area contributed by atoms with E-state index in [0.29, 0.717) is 17.9 Å². The molecule has 6 nitrogen and oxygen atoms in total. The van der Waals surface area contributed by atoms with Gasteiger partial charge >= 0.3 is 0 Å². The van der Waals surface area contributed by atoms with Gasteiger partial charge in [-0.05, 0) is 19.8 Å². The quantitative estimate of drug-likeness (QED) is 0.848. The molecule has 0 saturated carbocycles. The fraction of sp³-hybridized carbons (Fsp3) is 0.722. The van der Waals surface area contributed by atoms with Gasteiger partial charge in [0.1, 0.15) is 0 Å². The molecule has 24 heavy (non-hydrogen) atoms. The van der Waals surface area contributed by atoms with Crippen molar-refractivity contribution in [3.63, 3.8) is 0 Å². The third-order valence-electron chi connectivity index (χ3n) is 5.78. The molecule has 132 valence electrons. The van der Waals surface area contributed by atoms with Crippen molar-refractivity contribution in [3.8, 4) is 0 Å². The fourth-order valence-corrected chi connectivity index (χ4v) is 4.22. The number of fused-ring (bicyclic) bond motifs is 1. The van der Waals surface area contributed by atoms with Crippen LogP contribution < -0.4 is 0 Å². The van der Waals surface area contributed by atoms with Crippen molar-refractivity contribution in [2.24, 2.45) is 11.8 Å². The molecule has 0 bridgehead atoms. The zero-order chi connectivity index (χ0) is 17.4. The minimum absolute atomic E-state index is 0.0912. The van der Waals surface area contributed by atoms with E-state index in [1.807, 2.05) is 21.4 Å². The molecule has 6 heteroatoms. The summed E-state index contributed by atoms with van der Waals surface area (Å²) in [6.07, 6.45) is 3.76. The van der Waals surface area contributed by atoms with Crippen LogP contribution in [0.2, 0.25) is 0 Å². The second-order valence-electron chi connectivity index (χ2n) is 7.21. The molecule has 2 atom stereocenters. The first kappa shape index (κ1) is 17.0. The smallest absolute Gasteiger partial charge is 0.257 e. The number of carbonyl (C=O) groups is 2. The Balaban J connectivity index is 1.70. The van der Waals surface area contributed by atoms with Gasteiger partial charge in [-0.1, -0.05) is 13.8 Å². The molecule has 1 aromatic rings. The van der Waals surface area contributed by atoms with E-state index in [-0.39, 0.29) is 11.8 Å². The van der Waals surface area contributed by atoms with Crippen LogP contribution in [-0.4, -0.2) is 57.6 Å². The molecule has 0 aromatic carbocycles. The van der Waals surface area contributed by atoms with Crippen molar-refractivity contribution in [2.75, 3.05) is 26.2 Å². The molecule has 0 aliphatic carbocycles. The first-order valence-corrected chi connectivity index (χ1v) is 9.05. The van der Waals surface area contributed by atoms with Crippen LogP contribution in [-0.2, 0) is 4.79 Å². The molecule has 0 spiro atoms. The van der Waals surface area contributed by atoms with Gasteiger partial charge in [-0.15, -0.1) is 0 Å². The summed E-state index contributed by atoms with van der Waals surface area (Å²) in [7, 11) is 0. The van der Waals surface area contributed by atoms with Crippen LogP contribution in [0.15, 0.2) is 6.20 Å². The summed E-state index contributed by atoms with van der Waals surface area (Å²) in [6, 6.07) is 0.355. The maximum atomic E-state index is 12.9. The zero-order valence-corrected chi connectivity index (χ0v) is 15.2. The van der Waals surface area contributed by atoms with Crippen molar-refractivity contribution < 1.29 is 9.59 Å². The monoisotopic (exact) mass is 332 g/mol. The Kier molecular flexibility index (Phi) is 4.65. The van der Waals surface area contributed by atoms with Crippen molar-refractivity contribution in [2.45, 2.75) is 46.6 Å². The van der Waals surface area contributed by atoms with E-state index in [1.165, 1.54) is 0 Å². The van der Waals surface area contributed by atoms with Crippen LogP contribution in [0.4, 0.5) is 0 Å². The third kappa shape index (κ3) is 2.82. The molecule has 1 aromatic heterocycles. The Hall–Kier alpha value is -1.85. The van der Waals surface area contributed by atoms with Crippen LogP contribution in [0, 0.1) is 18.8 Å². The summed E-state index contributed by atoms with van der Waals surface area (Å²) in [5.41, 5.74) is 1.70. The number of likely N-dealkylation sites (tertiary alicyclic amines) is 2. The summed E-state index contributed by atoms with van der Waals surface area (Å²) in [4.78, 5) is 28.3. The van der Waals surface area contributed by atoms with E-state index in [2.05, 4.69) is 18.9 Å². The highest BCUT2D eigenvalue weighted by Gasteiger charge is 2.42. The number of nitrogens with zero attached hydrogens (tertiary/aromatic N) is 4. The number of aromatic nitrogens is 2. The lowest BCUT2D eigenvalue weighted by molar-refractivity contribution is -0.128. The average molecular weight is 332 g/mol.